The van der Waals surface area contributed by atoms with Gasteiger partial charge < -0.3 is 10.2 Å². The van der Waals surface area contributed by atoms with E-state index in [1.54, 1.807) is 0 Å². The molecule has 20 heavy (non-hydrogen) atoms. The molecule has 0 unspecified atom stereocenters. The van der Waals surface area contributed by atoms with E-state index < -0.39 is 0 Å². The summed E-state index contributed by atoms with van der Waals surface area (Å²) >= 11 is 12.3. The van der Waals surface area contributed by atoms with E-state index in [-0.39, 0.29) is 12.4 Å². The number of nitrogens with zero attached hydrogens (tertiary/aromatic N) is 2. The van der Waals surface area contributed by atoms with Gasteiger partial charge in [-0.25, -0.2) is 0 Å². The molecule has 1 aromatic carbocycles. The summed E-state index contributed by atoms with van der Waals surface area (Å²) in [6.07, 6.45) is 4.02. The standard InChI is InChI=1S/C14H17Cl2N3.ClH/c1-2-3-4-9-19-10-8-17-14(19)18-13-11(15)6-5-7-12(13)16;/h2,5-7H,1,3-4,8-10H2,(H,17,18);1H. The maximum atomic E-state index is 6.15. The molecular formula is C14H18Cl3N3. The average Bonchev–Trinajstić information content (AvgIpc) is 2.82. The van der Waals surface area contributed by atoms with Gasteiger partial charge in [0.15, 0.2) is 5.96 Å². The molecule has 0 radical (unpaired) electrons. The lowest BCUT2D eigenvalue weighted by molar-refractivity contribution is 0.447. The zero-order valence-corrected chi connectivity index (χ0v) is 13.4. The molecule has 1 aromatic rings. The second-order valence-electron chi connectivity index (χ2n) is 4.34. The number of rotatable bonds is 5. The van der Waals surface area contributed by atoms with Crippen LogP contribution in [-0.4, -0.2) is 30.5 Å². The molecule has 0 fully saturated rings. The van der Waals surface area contributed by atoms with Gasteiger partial charge in [-0.3, -0.25) is 4.99 Å². The molecule has 0 aliphatic carbocycles. The number of halogens is 3. The molecule has 1 aliphatic rings. The molecule has 6 heteroatoms. The fraction of sp³-hybridized carbons (Fsp3) is 0.357. The minimum absolute atomic E-state index is 0. The third kappa shape index (κ3) is 4.30. The Morgan fingerprint density at radius 3 is 2.70 bits per heavy atom. The molecule has 0 bridgehead atoms. The zero-order chi connectivity index (χ0) is 13.7. The van der Waals surface area contributed by atoms with Crippen molar-refractivity contribution in [2.75, 3.05) is 25.0 Å². The average molecular weight is 335 g/mol. The van der Waals surface area contributed by atoms with Crippen LogP contribution < -0.4 is 5.32 Å². The van der Waals surface area contributed by atoms with Crippen molar-refractivity contribution >= 4 is 47.3 Å². The Kier molecular flexibility index (Phi) is 7.20. The van der Waals surface area contributed by atoms with Gasteiger partial charge >= 0.3 is 0 Å². The zero-order valence-electron chi connectivity index (χ0n) is 11.1. The quantitative estimate of drug-likeness (QED) is 0.635. The maximum absolute atomic E-state index is 6.15. The van der Waals surface area contributed by atoms with Crippen molar-refractivity contribution in [3.63, 3.8) is 0 Å². The molecule has 0 amide bonds. The summed E-state index contributed by atoms with van der Waals surface area (Å²) < 4.78 is 0. The van der Waals surface area contributed by atoms with Crippen molar-refractivity contribution in [3.8, 4) is 0 Å². The molecule has 2 rings (SSSR count). The summed E-state index contributed by atoms with van der Waals surface area (Å²) in [6, 6.07) is 5.45. The van der Waals surface area contributed by atoms with Crippen LogP contribution in [0.4, 0.5) is 5.69 Å². The smallest absolute Gasteiger partial charge is 0.198 e. The van der Waals surface area contributed by atoms with Crippen LogP contribution in [0.25, 0.3) is 0 Å². The summed E-state index contributed by atoms with van der Waals surface area (Å²) in [6.45, 7) is 6.43. The van der Waals surface area contributed by atoms with E-state index in [1.165, 1.54) is 0 Å². The summed E-state index contributed by atoms with van der Waals surface area (Å²) in [7, 11) is 0. The fourth-order valence-electron chi connectivity index (χ4n) is 1.97. The van der Waals surface area contributed by atoms with Crippen molar-refractivity contribution in [1.82, 2.24) is 4.90 Å². The summed E-state index contributed by atoms with van der Waals surface area (Å²) in [5.41, 5.74) is 0.722. The highest BCUT2D eigenvalue weighted by Gasteiger charge is 2.18. The minimum Gasteiger partial charge on any atom is -0.341 e. The Balaban J connectivity index is 0.00000200. The number of para-hydroxylation sites is 1. The van der Waals surface area contributed by atoms with Crippen LogP contribution in [0.5, 0.6) is 0 Å². The summed E-state index contributed by atoms with van der Waals surface area (Å²) in [5, 5.41) is 4.45. The van der Waals surface area contributed by atoms with Gasteiger partial charge in [-0.2, -0.15) is 0 Å². The van der Waals surface area contributed by atoms with Crippen LogP contribution >= 0.6 is 35.6 Å². The number of unbranched alkanes of at least 4 members (excludes halogenated alkanes) is 1. The molecule has 1 heterocycles. The van der Waals surface area contributed by atoms with E-state index in [2.05, 4.69) is 21.8 Å². The molecule has 1 N–H and O–H groups in total. The first-order valence-electron chi connectivity index (χ1n) is 6.33. The lowest BCUT2D eigenvalue weighted by Crippen LogP contribution is -2.34. The first-order valence-corrected chi connectivity index (χ1v) is 7.09. The van der Waals surface area contributed by atoms with Crippen LogP contribution in [0.2, 0.25) is 10.0 Å². The SMILES string of the molecule is C=CCCCN1CCN=C1Nc1c(Cl)cccc1Cl.Cl. The third-order valence-electron chi connectivity index (χ3n) is 2.97. The molecule has 1 aliphatic heterocycles. The van der Waals surface area contributed by atoms with Crippen molar-refractivity contribution in [2.24, 2.45) is 4.99 Å². The monoisotopic (exact) mass is 333 g/mol. The van der Waals surface area contributed by atoms with Crippen molar-refractivity contribution in [2.45, 2.75) is 12.8 Å². The lowest BCUT2D eigenvalue weighted by Gasteiger charge is -2.21. The number of allylic oxidation sites excluding steroid dienone is 1. The van der Waals surface area contributed by atoms with E-state index in [1.807, 2.05) is 24.3 Å². The fourth-order valence-corrected chi connectivity index (χ4v) is 2.47. The van der Waals surface area contributed by atoms with E-state index >= 15 is 0 Å². The van der Waals surface area contributed by atoms with E-state index in [0.29, 0.717) is 10.0 Å². The van der Waals surface area contributed by atoms with Gasteiger partial charge in [-0.1, -0.05) is 35.3 Å². The third-order valence-corrected chi connectivity index (χ3v) is 3.60. The number of hydrogen-bond donors (Lipinski definition) is 1. The largest absolute Gasteiger partial charge is 0.341 e. The van der Waals surface area contributed by atoms with Gasteiger partial charge in [-0.05, 0) is 25.0 Å². The van der Waals surface area contributed by atoms with Gasteiger partial charge in [-0.15, -0.1) is 19.0 Å². The Morgan fingerprint density at radius 1 is 1.35 bits per heavy atom. The predicted molar refractivity (Wildman–Crippen MR) is 90.6 cm³/mol. The molecule has 0 saturated heterocycles. The summed E-state index contributed by atoms with van der Waals surface area (Å²) in [4.78, 5) is 6.67. The molecule has 3 nitrogen and oxygen atoms in total. The molecule has 0 saturated carbocycles. The lowest BCUT2D eigenvalue weighted by atomic mass is 10.3. The molecular weight excluding hydrogens is 317 g/mol. The Labute approximate surface area is 136 Å². The molecule has 0 spiro atoms. The van der Waals surface area contributed by atoms with Crippen LogP contribution in [-0.2, 0) is 0 Å². The number of guanidine groups is 1. The van der Waals surface area contributed by atoms with Gasteiger partial charge in [0, 0.05) is 13.1 Å². The predicted octanol–water partition coefficient (Wildman–Crippen LogP) is 4.46. The summed E-state index contributed by atoms with van der Waals surface area (Å²) in [5.74, 6) is 0.846. The van der Waals surface area contributed by atoms with Crippen molar-refractivity contribution < 1.29 is 0 Å². The van der Waals surface area contributed by atoms with Crippen molar-refractivity contribution in [3.05, 3.63) is 40.9 Å². The highest BCUT2D eigenvalue weighted by Crippen LogP contribution is 2.30. The first-order chi connectivity index (χ1) is 9.22. The minimum atomic E-state index is 0. The number of benzene rings is 1. The van der Waals surface area contributed by atoms with Gasteiger partial charge in [0.05, 0.1) is 22.3 Å². The van der Waals surface area contributed by atoms with Gasteiger partial charge in [0.25, 0.3) is 0 Å². The van der Waals surface area contributed by atoms with Crippen LogP contribution in [0.15, 0.2) is 35.8 Å². The Hall–Kier alpha value is -0.900. The molecule has 110 valence electrons. The van der Waals surface area contributed by atoms with Crippen LogP contribution in [0.1, 0.15) is 12.8 Å². The van der Waals surface area contributed by atoms with Crippen molar-refractivity contribution in [1.29, 1.82) is 0 Å². The van der Waals surface area contributed by atoms with E-state index in [0.717, 1.165) is 44.1 Å². The van der Waals surface area contributed by atoms with Crippen LogP contribution in [0, 0.1) is 0 Å². The normalized spacial score (nSPS) is 13.7. The number of nitrogens with one attached hydrogen (secondary N) is 1. The maximum Gasteiger partial charge on any atom is 0.198 e. The Bertz CT molecular complexity index is 468. The topological polar surface area (TPSA) is 27.6 Å². The second-order valence-corrected chi connectivity index (χ2v) is 5.16. The number of hydrogen-bond acceptors (Lipinski definition) is 3. The highest BCUT2D eigenvalue weighted by molar-refractivity contribution is 6.39. The Morgan fingerprint density at radius 2 is 2.05 bits per heavy atom. The first kappa shape index (κ1) is 17.2. The number of anilines is 1. The molecule has 0 aromatic heterocycles. The van der Waals surface area contributed by atoms with E-state index in [9.17, 15) is 0 Å². The molecule has 0 atom stereocenters. The van der Waals surface area contributed by atoms with Gasteiger partial charge in [0.1, 0.15) is 0 Å². The second kappa shape index (κ2) is 8.40. The number of aliphatic imine (C=N–C) groups is 1. The highest BCUT2D eigenvalue weighted by atomic mass is 35.5. The van der Waals surface area contributed by atoms with Crippen LogP contribution in [0.3, 0.4) is 0 Å². The van der Waals surface area contributed by atoms with E-state index in [4.69, 9.17) is 23.2 Å². The van der Waals surface area contributed by atoms with Gasteiger partial charge in [0.2, 0.25) is 0 Å².